The maximum absolute atomic E-state index is 5.68. The Hall–Kier alpha value is -0.640. The average Bonchev–Trinajstić information content (AvgIpc) is 2.03. The van der Waals surface area contributed by atoms with E-state index in [1.807, 2.05) is 25.1 Å². The normalized spacial score (nSPS) is 11.9. The molecule has 0 aliphatic carbocycles. The van der Waals surface area contributed by atoms with Gasteiger partial charge in [-0.05, 0) is 19.1 Å². The number of aromatic nitrogens is 1. The molecule has 1 atom stereocenters. The van der Waals surface area contributed by atoms with Crippen LogP contribution in [0.25, 0.3) is 0 Å². The van der Waals surface area contributed by atoms with E-state index in [0.29, 0.717) is 6.54 Å². The maximum Gasteiger partial charge on any atom is 0.0594 e. The molecule has 0 bridgehead atoms. The minimum atomic E-state index is -0.130. The molecule has 4 heteroatoms. The molecule has 0 fully saturated rings. The van der Waals surface area contributed by atoms with E-state index in [4.69, 9.17) is 11.5 Å². The quantitative estimate of drug-likeness (QED) is 0.719. The van der Waals surface area contributed by atoms with Gasteiger partial charge < -0.3 is 11.5 Å². The zero-order chi connectivity index (χ0) is 8.27. The molecule has 4 N–H and O–H groups in total. The molecule has 1 aromatic rings. The standard InChI is InChI=1S/C8H13N3.ClH/c1-6-3-2-4-8(11-6)7(10)5-9;/h2-4,7H,5,9-10H2,1H3;1H/t7-;/m1./s1. The Morgan fingerprint density at radius 2 is 2.17 bits per heavy atom. The predicted molar refractivity (Wildman–Crippen MR) is 52.2 cm³/mol. The van der Waals surface area contributed by atoms with Crippen molar-refractivity contribution in [3.8, 4) is 0 Å². The van der Waals surface area contributed by atoms with Crippen LogP contribution in [-0.2, 0) is 0 Å². The summed E-state index contributed by atoms with van der Waals surface area (Å²) >= 11 is 0. The van der Waals surface area contributed by atoms with Gasteiger partial charge in [-0.15, -0.1) is 12.4 Å². The molecular formula is C8H14ClN3. The van der Waals surface area contributed by atoms with Gasteiger partial charge in [0.05, 0.1) is 11.7 Å². The second-order valence-corrected chi connectivity index (χ2v) is 2.55. The van der Waals surface area contributed by atoms with Gasteiger partial charge in [0.2, 0.25) is 0 Å². The third-order valence-electron chi connectivity index (χ3n) is 1.54. The van der Waals surface area contributed by atoms with E-state index in [1.54, 1.807) is 0 Å². The summed E-state index contributed by atoms with van der Waals surface area (Å²) in [5, 5.41) is 0. The topological polar surface area (TPSA) is 64.9 Å². The van der Waals surface area contributed by atoms with E-state index in [-0.39, 0.29) is 18.4 Å². The van der Waals surface area contributed by atoms with Crippen LogP contribution >= 0.6 is 12.4 Å². The van der Waals surface area contributed by atoms with E-state index in [0.717, 1.165) is 11.4 Å². The van der Waals surface area contributed by atoms with Crippen molar-refractivity contribution in [3.63, 3.8) is 0 Å². The van der Waals surface area contributed by atoms with Gasteiger partial charge >= 0.3 is 0 Å². The first kappa shape index (κ1) is 11.4. The highest BCUT2D eigenvalue weighted by molar-refractivity contribution is 5.85. The number of hydrogen-bond donors (Lipinski definition) is 2. The van der Waals surface area contributed by atoms with E-state index < -0.39 is 0 Å². The Labute approximate surface area is 78.6 Å². The summed E-state index contributed by atoms with van der Waals surface area (Å²) in [5.41, 5.74) is 12.9. The van der Waals surface area contributed by atoms with Gasteiger partial charge in [-0.2, -0.15) is 0 Å². The lowest BCUT2D eigenvalue weighted by molar-refractivity contribution is 0.708. The Morgan fingerprint density at radius 3 is 2.67 bits per heavy atom. The molecule has 0 aliphatic heterocycles. The molecule has 1 aromatic heterocycles. The second-order valence-electron chi connectivity index (χ2n) is 2.55. The highest BCUT2D eigenvalue weighted by atomic mass is 35.5. The number of halogens is 1. The second kappa shape index (κ2) is 5.09. The van der Waals surface area contributed by atoms with Gasteiger partial charge in [0.25, 0.3) is 0 Å². The Morgan fingerprint density at radius 1 is 1.50 bits per heavy atom. The van der Waals surface area contributed by atoms with Gasteiger partial charge in [-0.1, -0.05) is 6.07 Å². The SMILES string of the molecule is Cc1cccc([C@H](N)CN)n1.Cl. The Bertz CT molecular complexity index is 239. The molecule has 0 amide bonds. The summed E-state index contributed by atoms with van der Waals surface area (Å²) in [4.78, 5) is 4.24. The van der Waals surface area contributed by atoms with E-state index in [2.05, 4.69) is 4.98 Å². The van der Waals surface area contributed by atoms with Crippen LogP contribution in [0.1, 0.15) is 17.4 Å². The van der Waals surface area contributed by atoms with Crippen molar-refractivity contribution in [2.45, 2.75) is 13.0 Å². The molecule has 0 spiro atoms. The number of hydrogen-bond acceptors (Lipinski definition) is 3. The minimum absolute atomic E-state index is 0. The predicted octanol–water partition coefficient (Wildman–Crippen LogP) is 0.770. The van der Waals surface area contributed by atoms with Crippen molar-refractivity contribution in [2.24, 2.45) is 11.5 Å². The summed E-state index contributed by atoms with van der Waals surface area (Å²) < 4.78 is 0. The Kier molecular flexibility index (Phi) is 4.81. The van der Waals surface area contributed by atoms with Gasteiger partial charge in [-0.25, -0.2) is 0 Å². The molecule has 0 aliphatic rings. The van der Waals surface area contributed by atoms with E-state index in [1.165, 1.54) is 0 Å². The van der Waals surface area contributed by atoms with Crippen LogP contribution in [-0.4, -0.2) is 11.5 Å². The molecule has 0 radical (unpaired) electrons. The van der Waals surface area contributed by atoms with E-state index in [9.17, 15) is 0 Å². The molecule has 0 saturated heterocycles. The van der Waals surface area contributed by atoms with Crippen LogP contribution in [0.3, 0.4) is 0 Å². The Balaban J connectivity index is 0.00000121. The monoisotopic (exact) mass is 187 g/mol. The van der Waals surface area contributed by atoms with Gasteiger partial charge in [0.1, 0.15) is 0 Å². The fourth-order valence-corrected chi connectivity index (χ4v) is 0.891. The molecule has 68 valence electrons. The molecule has 0 unspecified atom stereocenters. The molecular weight excluding hydrogens is 174 g/mol. The van der Waals surface area contributed by atoms with Crippen LogP contribution < -0.4 is 11.5 Å². The molecule has 1 heterocycles. The molecule has 12 heavy (non-hydrogen) atoms. The fourth-order valence-electron chi connectivity index (χ4n) is 0.891. The smallest absolute Gasteiger partial charge is 0.0594 e. The van der Waals surface area contributed by atoms with Crippen LogP contribution in [0.15, 0.2) is 18.2 Å². The number of pyridine rings is 1. The van der Waals surface area contributed by atoms with Crippen LogP contribution in [0, 0.1) is 6.92 Å². The maximum atomic E-state index is 5.68. The molecule has 3 nitrogen and oxygen atoms in total. The van der Waals surface area contributed by atoms with Crippen molar-refractivity contribution in [3.05, 3.63) is 29.6 Å². The lowest BCUT2D eigenvalue weighted by Crippen LogP contribution is -2.21. The lowest BCUT2D eigenvalue weighted by Gasteiger charge is -2.07. The number of nitrogens with zero attached hydrogens (tertiary/aromatic N) is 1. The first-order chi connectivity index (χ1) is 5.24. The largest absolute Gasteiger partial charge is 0.329 e. The van der Waals surface area contributed by atoms with Crippen molar-refractivity contribution in [2.75, 3.05) is 6.54 Å². The lowest BCUT2D eigenvalue weighted by atomic mass is 10.2. The fraction of sp³-hybridized carbons (Fsp3) is 0.375. The highest BCUT2D eigenvalue weighted by Crippen LogP contribution is 2.05. The number of rotatable bonds is 2. The number of aryl methyl sites for hydroxylation is 1. The van der Waals surface area contributed by atoms with Crippen molar-refractivity contribution >= 4 is 12.4 Å². The summed E-state index contributed by atoms with van der Waals surface area (Å²) in [7, 11) is 0. The summed E-state index contributed by atoms with van der Waals surface area (Å²) in [6, 6.07) is 5.64. The highest BCUT2D eigenvalue weighted by Gasteiger charge is 2.03. The van der Waals surface area contributed by atoms with Crippen LogP contribution in [0.4, 0.5) is 0 Å². The van der Waals surface area contributed by atoms with Gasteiger partial charge in [0, 0.05) is 12.2 Å². The third kappa shape index (κ3) is 2.77. The van der Waals surface area contributed by atoms with Crippen molar-refractivity contribution in [1.29, 1.82) is 0 Å². The van der Waals surface area contributed by atoms with Crippen LogP contribution in [0.5, 0.6) is 0 Å². The first-order valence-electron chi connectivity index (χ1n) is 3.63. The zero-order valence-corrected chi connectivity index (χ0v) is 7.84. The summed E-state index contributed by atoms with van der Waals surface area (Å²) in [6.07, 6.45) is 0. The first-order valence-corrected chi connectivity index (χ1v) is 3.63. The number of nitrogens with two attached hydrogens (primary N) is 2. The van der Waals surface area contributed by atoms with Crippen molar-refractivity contribution < 1.29 is 0 Å². The summed E-state index contributed by atoms with van der Waals surface area (Å²) in [6.45, 7) is 2.38. The van der Waals surface area contributed by atoms with Gasteiger partial charge in [-0.3, -0.25) is 4.98 Å². The minimum Gasteiger partial charge on any atom is -0.329 e. The molecule has 0 aromatic carbocycles. The summed E-state index contributed by atoms with van der Waals surface area (Å²) in [5.74, 6) is 0. The van der Waals surface area contributed by atoms with Gasteiger partial charge in [0.15, 0.2) is 0 Å². The molecule has 0 saturated carbocycles. The average molecular weight is 188 g/mol. The third-order valence-corrected chi connectivity index (χ3v) is 1.54. The molecule has 1 rings (SSSR count). The van der Waals surface area contributed by atoms with Crippen molar-refractivity contribution in [1.82, 2.24) is 4.98 Å². The zero-order valence-electron chi connectivity index (χ0n) is 7.03. The van der Waals surface area contributed by atoms with E-state index >= 15 is 0 Å². The van der Waals surface area contributed by atoms with Crippen LogP contribution in [0.2, 0.25) is 0 Å².